The molecule has 0 aliphatic heterocycles. The monoisotopic (exact) mass is 915 g/mol. The Morgan fingerprint density at radius 3 is 0.836 bits per heavy atom. The maximum Gasteiger partial charge on any atom is 0.167 e. The van der Waals surface area contributed by atoms with Gasteiger partial charge in [0, 0.05) is 22.3 Å². The first-order valence-corrected chi connectivity index (χ1v) is 25.4. The first-order chi connectivity index (χ1) is 32.8. The highest BCUT2D eigenvalue weighted by molar-refractivity contribution is 5.73. The predicted molar refractivity (Wildman–Crippen MR) is 274 cm³/mol. The number of halogens is 4. The van der Waals surface area contributed by atoms with Crippen LogP contribution < -0.4 is 9.47 Å². The maximum atomic E-state index is 15.0. The Morgan fingerprint density at radius 1 is 0.284 bits per heavy atom. The largest absolute Gasteiger partial charge is 0.494 e. The molecule has 358 valence electrons. The highest BCUT2D eigenvalue weighted by Crippen LogP contribution is 2.34. The van der Waals surface area contributed by atoms with Gasteiger partial charge in [0.2, 0.25) is 0 Å². The topological polar surface area (TPSA) is 18.5 Å². The summed E-state index contributed by atoms with van der Waals surface area (Å²) in [6.07, 6.45) is 22.3. The lowest BCUT2D eigenvalue weighted by molar-refractivity contribution is 0.304. The van der Waals surface area contributed by atoms with E-state index in [9.17, 15) is 17.6 Å². The molecule has 0 saturated heterocycles. The number of ether oxygens (including phenoxy) is 2. The Morgan fingerprint density at radius 2 is 0.537 bits per heavy atom. The smallest absolute Gasteiger partial charge is 0.167 e. The molecule has 6 heteroatoms. The molecule has 0 bridgehead atoms. The summed E-state index contributed by atoms with van der Waals surface area (Å²) in [6, 6.07) is 36.7. The minimum absolute atomic E-state index is 0.263. The van der Waals surface area contributed by atoms with Crippen molar-refractivity contribution in [2.75, 3.05) is 13.2 Å². The summed E-state index contributed by atoms with van der Waals surface area (Å²) in [7, 11) is 0. The number of hydrogen-bond acceptors (Lipinski definition) is 2. The summed E-state index contributed by atoms with van der Waals surface area (Å²) in [5.74, 6) is -1.73. The van der Waals surface area contributed by atoms with Gasteiger partial charge < -0.3 is 9.47 Å². The Labute approximate surface area is 400 Å². The number of unbranched alkanes of at least 4 members (excludes halogenated alkanes) is 13. The molecular weight excluding hydrogens is 841 g/mol. The van der Waals surface area contributed by atoms with Crippen molar-refractivity contribution in [3.63, 3.8) is 0 Å². The lowest BCUT2D eigenvalue weighted by Gasteiger charge is -2.11. The molecule has 0 fully saturated rings. The van der Waals surface area contributed by atoms with Gasteiger partial charge in [0.15, 0.2) is 23.3 Å². The van der Waals surface area contributed by atoms with Crippen LogP contribution in [-0.4, -0.2) is 13.2 Å². The summed E-state index contributed by atoms with van der Waals surface area (Å²) >= 11 is 0. The fourth-order valence-corrected chi connectivity index (χ4v) is 8.28. The third-order valence-corrected chi connectivity index (χ3v) is 12.4. The van der Waals surface area contributed by atoms with Crippen LogP contribution in [0.3, 0.4) is 0 Å². The van der Waals surface area contributed by atoms with E-state index in [2.05, 4.69) is 27.7 Å². The summed E-state index contributed by atoms with van der Waals surface area (Å²) < 4.78 is 71.5. The van der Waals surface area contributed by atoms with Gasteiger partial charge in [-0.1, -0.05) is 208 Å². The molecule has 0 N–H and O–H groups in total. The van der Waals surface area contributed by atoms with Crippen molar-refractivity contribution in [2.24, 2.45) is 0 Å². The van der Waals surface area contributed by atoms with E-state index >= 15 is 0 Å². The molecule has 0 aliphatic rings. The molecule has 0 atom stereocenters. The molecule has 0 aliphatic carbocycles. The van der Waals surface area contributed by atoms with Crippen LogP contribution in [0.1, 0.15) is 148 Å². The highest BCUT2D eigenvalue weighted by atomic mass is 19.2. The fourth-order valence-electron chi connectivity index (χ4n) is 8.28. The fraction of sp³-hybridized carbons (Fsp3) is 0.410. The summed E-state index contributed by atoms with van der Waals surface area (Å²) in [4.78, 5) is 0. The second-order valence-corrected chi connectivity index (χ2v) is 17.8. The molecule has 6 rings (SSSR count). The SMILES string of the molecule is CCCCCCCCOc1ccc(-c2ccc(-c3ccc(CCCCC)cc3)c(F)c2F)cc1.CCCCCCCOc1ccc(-c2ccc(-c3ccc(CCCCC)cc3)c(F)c2F)cc1. The van der Waals surface area contributed by atoms with Gasteiger partial charge in [-0.3, -0.25) is 0 Å². The molecule has 0 radical (unpaired) electrons. The molecule has 0 unspecified atom stereocenters. The molecule has 6 aromatic carbocycles. The van der Waals surface area contributed by atoms with Crippen molar-refractivity contribution in [1.29, 1.82) is 0 Å². The lowest BCUT2D eigenvalue weighted by Crippen LogP contribution is -1.98. The summed E-state index contributed by atoms with van der Waals surface area (Å²) in [5.41, 5.74) is 6.24. The maximum absolute atomic E-state index is 15.0. The van der Waals surface area contributed by atoms with Crippen LogP contribution in [0.15, 0.2) is 121 Å². The van der Waals surface area contributed by atoms with Crippen molar-refractivity contribution in [1.82, 2.24) is 0 Å². The zero-order valence-electron chi connectivity index (χ0n) is 40.7. The Balaban J connectivity index is 0.000000251. The minimum atomic E-state index is -0.816. The highest BCUT2D eigenvalue weighted by Gasteiger charge is 2.18. The van der Waals surface area contributed by atoms with E-state index in [1.54, 1.807) is 48.5 Å². The van der Waals surface area contributed by atoms with Crippen molar-refractivity contribution >= 4 is 0 Å². The quantitative estimate of drug-likeness (QED) is 0.0379. The molecule has 67 heavy (non-hydrogen) atoms. The van der Waals surface area contributed by atoms with Gasteiger partial charge >= 0.3 is 0 Å². The third-order valence-electron chi connectivity index (χ3n) is 12.4. The number of rotatable bonds is 27. The zero-order chi connectivity index (χ0) is 47.6. The van der Waals surface area contributed by atoms with E-state index in [4.69, 9.17) is 9.47 Å². The molecular formula is C61H74F4O2. The van der Waals surface area contributed by atoms with Crippen LogP contribution in [0.4, 0.5) is 17.6 Å². The van der Waals surface area contributed by atoms with Crippen molar-refractivity contribution < 1.29 is 27.0 Å². The minimum Gasteiger partial charge on any atom is -0.494 e. The van der Waals surface area contributed by atoms with Crippen LogP contribution in [0, 0.1) is 23.3 Å². The molecule has 0 spiro atoms. The molecule has 0 aromatic heterocycles. The Bertz CT molecular complexity index is 2300. The Kier molecular flexibility index (Phi) is 23.1. The first-order valence-electron chi connectivity index (χ1n) is 25.4. The molecule has 6 aromatic rings. The van der Waals surface area contributed by atoms with Gasteiger partial charge in [-0.05, 0) is 96.2 Å². The molecule has 0 saturated carbocycles. The van der Waals surface area contributed by atoms with E-state index in [1.165, 1.54) is 94.6 Å². The molecule has 0 amide bonds. The average molecular weight is 915 g/mol. The second kappa shape index (κ2) is 29.4. The third kappa shape index (κ3) is 16.7. The number of benzene rings is 6. The predicted octanol–water partition coefficient (Wildman–Crippen LogP) is 19.2. The van der Waals surface area contributed by atoms with E-state index in [-0.39, 0.29) is 11.1 Å². The van der Waals surface area contributed by atoms with E-state index < -0.39 is 23.3 Å². The van der Waals surface area contributed by atoms with Crippen LogP contribution in [0.5, 0.6) is 11.5 Å². The van der Waals surface area contributed by atoms with E-state index in [0.717, 1.165) is 50.0 Å². The van der Waals surface area contributed by atoms with Gasteiger partial charge in [0.25, 0.3) is 0 Å². The van der Waals surface area contributed by atoms with Gasteiger partial charge in [-0.2, -0.15) is 0 Å². The standard InChI is InChI=1S/C31H38F2O.C30H36F2O/c1-3-5-7-8-9-11-23-34-27-19-17-26(18-20-27)29-22-21-28(30(32)31(29)33)25-15-13-24(14-16-25)12-10-6-4-2;1-3-5-7-8-10-22-33-26-18-16-25(17-19-26)28-21-20-27(29(31)30(28)32)24-14-12-23(13-15-24)11-9-6-4-2/h13-22H,3-12,23H2,1-2H3;12-21H,3-11,22H2,1-2H3. The number of hydrogen-bond donors (Lipinski definition) is 0. The van der Waals surface area contributed by atoms with E-state index in [0.29, 0.717) is 46.6 Å². The van der Waals surface area contributed by atoms with Gasteiger partial charge in [-0.25, -0.2) is 17.6 Å². The molecule has 0 heterocycles. The van der Waals surface area contributed by atoms with Gasteiger partial charge in [0.05, 0.1) is 13.2 Å². The van der Waals surface area contributed by atoms with Crippen LogP contribution in [0.2, 0.25) is 0 Å². The summed E-state index contributed by atoms with van der Waals surface area (Å²) in [5, 5.41) is 0. The van der Waals surface area contributed by atoms with E-state index in [1.807, 2.05) is 72.8 Å². The normalized spacial score (nSPS) is 11.0. The van der Waals surface area contributed by atoms with Crippen molar-refractivity contribution in [3.8, 4) is 56.0 Å². The zero-order valence-corrected chi connectivity index (χ0v) is 40.7. The second-order valence-electron chi connectivity index (χ2n) is 17.8. The Hall–Kier alpha value is -5.36. The van der Waals surface area contributed by atoms with Gasteiger partial charge in [-0.15, -0.1) is 0 Å². The van der Waals surface area contributed by atoms with Crippen molar-refractivity contribution in [2.45, 2.75) is 150 Å². The van der Waals surface area contributed by atoms with Crippen molar-refractivity contribution in [3.05, 3.63) is 156 Å². The molecule has 2 nitrogen and oxygen atoms in total. The van der Waals surface area contributed by atoms with Crippen LogP contribution >= 0.6 is 0 Å². The first kappa shape index (κ1) is 52.6. The lowest BCUT2D eigenvalue weighted by atomic mass is 9.97. The van der Waals surface area contributed by atoms with Gasteiger partial charge in [0.1, 0.15) is 11.5 Å². The van der Waals surface area contributed by atoms with Crippen LogP contribution in [-0.2, 0) is 12.8 Å². The average Bonchev–Trinajstić information content (AvgIpc) is 3.35. The van der Waals surface area contributed by atoms with Crippen LogP contribution in [0.25, 0.3) is 44.5 Å². The summed E-state index contributed by atoms with van der Waals surface area (Å²) in [6.45, 7) is 10.1. The number of aryl methyl sites for hydroxylation is 2.